The van der Waals surface area contributed by atoms with E-state index in [-0.39, 0.29) is 6.42 Å². The van der Waals surface area contributed by atoms with Gasteiger partial charge >= 0.3 is 5.97 Å². The lowest BCUT2D eigenvalue weighted by Crippen LogP contribution is -2.32. The Labute approximate surface area is 63.3 Å². The summed E-state index contributed by atoms with van der Waals surface area (Å²) >= 11 is 0. The Kier molecular flexibility index (Phi) is 2.22. The molecule has 1 aromatic heterocycles. The van der Waals surface area contributed by atoms with E-state index < -0.39 is 12.0 Å². The smallest absolute Gasteiger partial charge is 0.320 e. The number of H-pyrrole nitrogens is 1. The number of aromatic nitrogens is 2. The molecule has 0 aliphatic carbocycles. The highest BCUT2D eigenvalue weighted by Gasteiger charge is 2.11. The minimum atomic E-state index is -1.00. The molecule has 4 N–H and O–H groups in total. The molecule has 0 fully saturated rings. The van der Waals surface area contributed by atoms with Crippen LogP contribution < -0.4 is 5.73 Å². The van der Waals surface area contributed by atoms with Gasteiger partial charge in [0.1, 0.15) is 6.04 Å². The van der Waals surface area contributed by atoms with Crippen LogP contribution in [0.25, 0.3) is 0 Å². The summed E-state index contributed by atoms with van der Waals surface area (Å²) in [6.45, 7) is 0. The Morgan fingerprint density at radius 1 is 1.91 bits per heavy atom. The average molecular weight is 159 g/mol. The predicted molar refractivity (Wildman–Crippen MR) is 37.9 cm³/mol. The van der Waals surface area contributed by atoms with Crippen molar-refractivity contribution in [1.29, 1.82) is 0 Å². The van der Waals surface area contributed by atoms with Crippen LogP contribution in [0.5, 0.6) is 0 Å². The number of carboxylic acid groups (broad SMARTS) is 1. The maximum atomic E-state index is 10.3. The largest absolute Gasteiger partial charge is 0.480 e. The fourth-order valence-corrected chi connectivity index (χ4v) is 0.721. The van der Waals surface area contributed by atoms with Gasteiger partial charge in [-0.1, -0.05) is 0 Å². The molecular formula is C6H9N3O2. The fourth-order valence-electron chi connectivity index (χ4n) is 0.721. The first-order valence-corrected chi connectivity index (χ1v) is 3.16. The molecule has 0 saturated heterocycles. The zero-order valence-electron chi connectivity index (χ0n) is 5.82. The number of carboxylic acids is 1. The minimum absolute atomic E-state index is 0.287. The van der Waals surface area contributed by atoms with E-state index in [0.717, 1.165) is 5.69 Å². The Bertz CT molecular complexity index is 232. The monoisotopic (exact) mass is 159 g/mol. The van der Waals surface area contributed by atoms with Gasteiger partial charge < -0.3 is 15.8 Å². The van der Waals surface area contributed by atoms with Crippen molar-refractivity contribution in [1.82, 2.24) is 9.97 Å². The van der Waals surface area contributed by atoms with Gasteiger partial charge in [-0.3, -0.25) is 4.79 Å². The third-order valence-corrected chi connectivity index (χ3v) is 1.31. The van der Waals surface area contributed by atoms with Gasteiger partial charge in [-0.2, -0.15) is 0 Å². The average Bonchev–Trinajstić information content (AvgIpc) is 2.39. The van der Waals surface area contributed by atoms with Crippen molar-refractivity contribution < 1.29 is 9.90 Å². The van der Waals surface area contributed by atoms with E-state index >= 15 is 0 Å². The van der Waals surface area contributed by atoms with E-state index in [1.807, 2.05) is 0 Å². The van der Waals surface area contributed by atoms with E-state index in [2.05, 4.69) is 9.97 Å². The molecular weight excluding hydrogens is 150 g/mol. The highest BCUT2D eigenvalue weighted by Crippen LogP contribution is 1.95. The molecule has 5 nitrogen and oxygen atoms in total. The molecule has 0 aliphatic rings. The van der Waals surface area contributed by atoms with Crippen LogP contribution >= 0.6 is 0 Å². The SMILES string of the molecule is N[C@@H](Cc1cnc[nH]1)C(=[18O])[18OH]. The molecule has 1 aromatic rings. The van der Waals surface area contributed by atoms with E-state index in [4.69, 9.17) is 10.8 Å². The molecule has 1 rings (SSSR count). The molecule has 1 heterocycles. The first-order chi connectivity index (χ1) is 5.20. The number of nitrogens with two attached hydrogens (primary N) is 1. The van der Waals surface area contributed by atoms with Crippen LogP contribution in [0, 0.1) is 0 Å². The van der Waals surface area contributed by atoms with Crippen molar-refractivity contribution in [2.45, 2.75) is 12.5 Å². The van der Waals surface area contributed by atoms with Crippen LogP contribution in [-0.2, 0) is 11.2 Å². The summed E-state index contributed by atoms with van der Waals surface area (Å²) in [6, 6.07) is -0.851. The molecule has 11 heavy (non-hydrogen) atoms. The second-order valence-electron chi connectivity index (χ2n) is 2.23. The summed E-state index contributed by atoms with van der Waals surface area (Å²) in [5.74, 6) is -1.00. The van der Waals surface area contributed by atoms with Gasteiger partial charge in [-0.15, -0.1) is 0 Å². The van der Waals surface area contributed by atoms with Crippen molar-refractivity contribution in [2.24, 2.45) is 5.73 Å². The second-order valence-corrected chi connectivity index (χ2v) is 2.23. The van der Waals surface area contributed by atoms with Crippen molar-refractivity contribution in [3.8, 4) is 0 Å². The number of aliphatic carboxylic acids is 1. The summed E-state index contributed by atoms with van der Waals surface area (Å²) in [7, 11) is 0. The molecule has 5 heteroatoms. The molecule has 1 atom stereocenters. The number of nitrogens with zero attached hydrogens (tertiary/aromatic N) is 1. The Balaban J connectivity index is 2.50. The molecule has 0 amide bonds. The number of aromatic amines is 1. The Hall–Kier alpha value is -1.36. The second kappa shape index (κ2) is 3.16. The van der Waals surface area contributed by atoms with E-state index in [1.165, 1.54) is 6.33 Å². The topological polar surface area (TPSA) is 92.0 Å². The summed E-state index contributed by atoms with van der Waals surface area (Å²) in [5.41, 5.74) is 6.00. The van der Waals surface area contributed by atoms with Gasteiger partial charge in [0.25, 0.3) is 0 Å². The van der Waals surface area contributed by atoms with Crippen LogP contribution in [0.15, 0.2) is 12.5 Å². The third kappa shape index (κ3) is 2.05. The van der Waals surface area contributed by atoms with Crippen LogP contribution in [0.2, 0.25) is 0 Å². The van der Waals surface area contributed by atoms with Gasteiger partial charge in [0, 0.05) is 18.3 Å². The van der Waals surface area contributed by atoms with Gasteiger partial charge in [-0.25, -0.2) is 4.98 Å². The van der Waals surface area contributed by atoms with Crippen molar-refractivity contribution in [3.05, 3.63) is 18.2 Å². The summed E-state index contributed by atoms with van der Waals surface area (Å²) in [6.07, 6.45) is 3.34. The number of rotatable bonds is 3. The van der Waals surface area contributed by atoms with Gasteiger partial charge in [0.2, 0.25) is 0 Å². The predicted octanol–water partition coefficient (Wildman–Crippen LogP) is -0.636. The van der Waals surface area contributed by atoms with Crippen LogP contribution in [0.3, 0.4) is 0 Å². The lowest BCUT2D eigenvalue weighted by Gasteiger charge is -2.02. The van der Waals surface area contributed by atoms with Crippen LogP contribution in [0.4, 0.5) is 0 Å². The number of imidazole rings is 1. The Morgan fingerprint density at radius 3 is 3.09 bits per heavy atom. The maximum absolute atomic E-state index is 10.3. The number of carbonyl (C=O) groups is 1. The third-order valence-electron chi connectivity index (χ3n) is 1.31. The molecule has 0 saturated carbocycles. The van der Waals surface area contributed by atoms with E-state index in [1.54, 1.807) is 6.20 Å². The fraction of sp³-hybridized carbons (Fsp3) is 0.333. The van der Waals surface area contributed by atoms with Crippen molar-refractivity contribution in [2.75, 3.05) is 0 Å². The van der Waals surface area contributed by atoms with Crippen molar-refractivity contribution in [3.63, 3.8) is 0 Å². The van der Waals surface area contributed by atoms with Gasteiger partial charge in [-0.05, 0) is 0 Å². The van der Waals surface area contributed by atoms with Gasteiger partial charge in [0.15, 0.2) is 0 Å². The van der Waals surface area contributed by atoms with Crippen LogP contribution in [0.1, 0.15) is 5.69 Å². The first kappa shape index (κ1) is 7.74. The number of hydrogen-bond acceptors (Lipinski definition) is 3. The van der Waals surface area contributed by atoms with Gasteiger partial charge in [0.05, 0.1) is 6.33 Å². The molecule has 0 aliphatic heterocycles. The maximum Gasteiger partial charge on any atom is 0.320 e. The minimum Gasteiger partial charge on any atom is -0.480 e. The van der Waals surface area contributed by atoms with E-state index in [9.17, 15) is 4.79 Å². The summed E-state index contributed by atoms with van der Waals surface area (Å²) in [4.78, 5) is 16.8. The quantitative estimate of drug-likeness (QED) is 0.512. The van der Waals surface area contributed by atoms with E-state index in [0.29, 0.717) is 0 Å². The zero-order valence-corrected chi connectivity index (χ0v) is 5.82. The highest BCUT2D eigenvalue weighted by atomic mass is 18.2. The first-order valence-electron chi connectivity index (χ1n) is 3.16. The lowest BCUT2D eigenvalue weighted by atomic mass is 10.2. The summed E-state index contributed by atoms with van der Waals surface area (Å²) < 4.78 is 0. The number of nitrogens with one attached hydrogen (secondary N) is 1. The normalized spacial score (nSPS) is 12.8. The molecule has 60 valence electrons. The molecule has 0 aromatic carbocycles. The Morgan fingerprint density at radius 2 is 2.64 bits per heavy atom. The standard InChI is InChI=1S/C6H9N3O2/c7-5(6(10)11)1-4-2-8-3-9-4/h2-3,5H,1,7H2,(H,8,9)(H,10,11)/t5-/m0/s1/i10+2,11+2. The number of hydrogen-bond donors (Lipinski definition) is 3. The zero-order chi connectivity index (χ0) is 8.27. The molecule has 0 spiro atoms. The van der Waals surface area contributed by atoms with Crippen molar-refractivity contribution >= 4 is 5.97 Å². The lowest BCUT2D eigenvalue weighted by molar-refractivity contribution is -0.138. The molecule has 0 radical (unpaired) electrons. The summed E-state index contributed by atoms with van der Waals surface area (Å²) in [5, 5.41) is 8.42. The highest BCUT2D eigenvalue weighted by molar-refractivity contribution is 5.73. The molecule has 0 bridgehead atoms. The van der Waals surface area contributed by atoms with Crippen LogP contribution in [-0.4, -0.2) is 27.1 Å². The molecule has 0 unspecified atom stereocenters.